The van der Waals surface area contributed by atoms with Gasteiger partial charge in [-0.2, -0.15) is 0 Å². The van der Waals surface area contributed by atoms with E-state index in [4.69, 9.17) is 4.42 Å². The Hall–Kier alpha value is -1.51. The molecule has 3 heteroatoms. The van der Waals surface area contributed by atoms with Crippen molar-refractivity contribution in [3.8, 4) is 0 Å². The van der Waals surface area contributed by atoms with Gasteiger partial charge in [-0.15, -0.1) is 0 Å². The van der Waals surface area contributed by atoms with Gasteiger partial charge >= 0.3 is 0 Å². The Kier molecular flexibility index (Phi) is 3.92. The van der Waals surface area contributed by atoms with Crippen LogP contribution in [0.5, 0.6) is 0 Å². The zero-order valence-electron chi connectivity index (χ0n) is 14.1. The first-order valence-electron chi connectivity index (χ1n) is 8.41. The average Bonchev–Trinajstić information content (AvgIpc) is 2.99. The number of hydrogen-bond acceptors (Lipinski definition) is 2. The molecule has 0 aromatic carbocycles. The van der Waals surface area contributed by atoms with Crippen molar-refractivity contribution < 1.29 is 9.21 Å². The lowest BCUT2D eigenvalue weighted by molar-refractivity contribution is -0.0106. The second-order valence-corrected chi connectivity index (χ2v) is 7.88. The minimum absolute atomic E-state index is 0.0128. The molecule has 1 aromatic heterocycles. The van der Waals surface area contributed by atoms with Crippen LogP contribution in [0.25, 0.3) is 0 Å². The molecule has 0 aliphatic heterocycles. The van der Waals surface area contributed by atoms with Gasteiger partial charge in [-0.1, -0.05) is 39.3 Å². The molecule has 1 fully saturated rings. The number of carbonyl (C=O) groups excluding carboxylic acids is 1. The highest BCUT2D eigenvalue weighted by Gasteiger charge is 2.51. The molecule has 3 aliphatic carbocycles. The van der Waals surface area contributed by atoms with Crippen LogP contribution in [-0.2, 0) is 0 Å². The van der Waals surface area contributed by atoms with Crippen LogP contribution in [0.4, 0.5) is 0 Å². The Morgan fingerprint density at radius 2 is 2.23 bits per heavy atom. The Balaban J connectivity index is 1.76. The molecular formula is C19H27NO2. The van der Waals surface area contributed by atoms with Crippen molar-refractivity contribution in [2.75, 3.05) is 13.1 Å². The number of nitrogens with zero attached hydrogens (tertiary/aromatic N) is 1. The maximum Gasteiger partial charge on any atom is 0.289 e. The molecule has 0 radical (unpaired) electrons. The highest BCUT2D eigenvalue weighted by Crippen LogP contribution is 2.59. The normalized spacial score (nSPS) is 25.6. The van der Waals surface area contributed by atoms with E-state index in [0.29, 0.717) is 23.0 Å². The van der Waals surface area contributed by atoms with E-state index in [-0.39, 0.29) is 5.91 Å². The third-order valence-corrected chi connectivity index (χ3v) is 5.56. The summed E-state index contributed by atoms with van der Waals surface area (Å²) in [5.41, 5.74) is 1.86. The van der Waals surface area contributed by atoms with Crippen LogP contribution in [0.1, 0.15) is 51.1 Å². The van der Waals surface area contributed by atoms with Gasteiger partial charge in [0.05, 0.1) is 6.26 Å². The van der Waals surface area contributed by atoms with Crippen molar-refractivity contribution >= 4 is 5.91 Å². The zero-order valence-corrected chi connectivity index (χ0v) is 14.1. The fourth-order valence-electron chi connectivity index (χ4n) is 4.09. The lowest BCUT2D eigenvalue weighted by Gasteiger charge is -2.57. The molecule has 2 atom stereocenters. The number of hydrogen-bond donors (Lipinski definition) is 0. The summed E-state index contributed by atoms with van der Waals surface area (Å²) in [5, 5.41) is 0. The number of amides is 1. The number of allylic oxidation sites excluding steroid dienone is 1. The van der Waals surface area contributed by atoms with E-state index in [1.54, 1.807) is 18.4 Å². The maximum absolute atomic E-state index is 12.7. The second kappa shape index (κ2) is 5.60. The summed E-state index contributed by atoms with van der Waals surface area (Å²) in [6.45, 7) is 10.6. The molecule has 1 amide bonds. The van der Waals surface area contributed by atoms with Crippen molar-refractivity contribution in [1.29, 1.82) is 0 Å². The summed E-state index contributed by atoms with van der Waals surface area (Å²) >= 11 is 0. The summed E-state index contributed by atoms with van der Waals surface area (Å²) in [5.74, 6) is 2.39. The van der Waals surface area contributed by atoms with Crippen molar-refractivity contribution in [2.45, 2.75) is 40.5 Å². The van der Waals surface area contributed by atoms with Crippen molar-refractivity contribution in [3.63, 3.8) is 0 Å². The minimum atomic E-state index is 0.0128. The third kappa shape index (κ3) is 2.62. The third-order valence-electron chi connectivity index (χ3n) is 5.56. The van der Waals surface area contributed by atoms with Crippen molar-refractivity contribution in [3.05, 3.63) is 35.8 Å². The summed E-state index contributed by atoms with van der Waals surface area (Å²) in [7, 11) is 0. The van der Waals surface area contributed by atoms with Crippen molar-refractivity contribution in [2.24, 2.45) is 23.2 Å². The predicted molar refractivity (Wildman–Crippen MR) is 87.5 cm³/mol. The molecular weight excluding hydrogens is 274 g/mol. The first-order chi connectivity index (χ1) is 10.4. The van der Waals surface area contributed by atoms with E-state index >= 15 is 0 Å². The van der Waals surface area contributed by atoms with Crippen LogP contribution >= 0.6 is 0 Å². The molecule has 3 nitrogen and oxygen atoms in total. The van der Waals surface area contributed by atoms with Gasteiger partial charge in [-0.05, 0) is 48.1 Å². The number of fused-ring (bicyclic) bond motifs is 1. The SMILES string of the molecule is CC(C)CN(CC1=CCC2CC1C2(C)C)C(=O)c1ccco1. The fourth-order valence-corrected chi connectivity index (χ4v) is 4.09. The van der Waals surface area contributed by atoms with Gasteiger partial charge in [0.2, 0.25) is 0 Å². The molecule has 2 bridgehead atoms. The van der Waals surface area contributed by atoms with E-state index < -0.39 is 0 Å². The van der Waals surface area contributed by atoms with E-state index in [0.717, 1.165) is 19.0 Å². The maximum atomic E-state index is 12.7. The molecule has 1 saturated carbocycles. The van der Waals surface area contributed by atoms with Gasteiger partial charge in [0.15, 0.2) is 5.76 Å². The molecule has 0 spiro atoms. The van der Waals surface area contributed by atoms with Crippen LogP contribution in [0.15, 0.2) is 34.5 Å². The van der Waals surface area contributed by atoms with Gasteiger partial charge in [0, 0.05) is 13.1 Å². The van der Waals surface area contributed by atoms with Crippen LogP contribution in [0, 0.1) is 23.2 Å². The second-order valence-electron chi connectivity index (χ2n) is 7.88. The van der Waals surface area contributed by atoms with E-state index in [1.165, 1.54) is 18.4 Å². The standard InChI is InChI=1S/C19H27NO2/c1-13(2)11-20(18(21)17-6-5-9-22-17)12-14-7-8-15-10-16(14)19(15,3)4/h5-7,9,13,15-16H,8,10-12H2,1-4H3. The highest BCUT2D eigenvalue weighted by molar-refractivity contribution is 5.91. The molecule has 22 heavy (non-hydrogen) atoms. The van der Waals surface area contributed by atoms with Gasteiger partial charge < -0.3 is 9.32 Å². The summed E-state index contributed by atoms with van der Waals surface area (Å²) in [4.78, 5) is 14.7. The Morgan fingerprint density at radius 3 is 2.77 bits per heavy atom. The van der Waals surface area contributed by atoms with E-state index in [9.17, 15) is 4.79 Å². The van der Waals surface area contributed by atoms with E-state index in [1.807, 2.05) is 4.90 Å². The molecule has 3 aliphatic rings. The van der Waals surface area contributed by atoms with E-state index in [2.05, 4.69) is 33.8 Å². The molecule has 0 N–H and O–H groups in total. The topological polar surface area (TPSA) is 33.5 Å². The largest absolute Gasteiger partial charge is 0.459 e. The van der Waals surface area contributed by atoms with Crippen LogP contribution in [-0.4, -0.2) is 23.9 Å². The van der Waals surface area contributed by atoms with Gasteiger partial charge in [-0.25, -0.2) is 0 Å². The predicted octanol–water partition coefficient (Wildman–Crippen LogP) is 4.37. The molecule has 0 saturated heterocycles. The van der Waals surface area contributed by atoms with Crippen molar-refractivity contribution in [1.82, 2.24) is 4.90 Å². The Bertz CT molecular complexity index is 568. The fraction of sp³-hybridized carbons (Fsp3) is 0.632. The average molecular weight is 301 g/mol. The summed E-state index contributed by atoms with van der Waals surface area (Å²) < 4.78 is 5.31. The summed E-state index contributed by atoms with van der Waals surface area (Å²) in [6.07, 6.45) is 6.42. The molecule has 1 aromatic rings. The summed E-state index contributed by atoms with van der Waals surface area (Å²) in [6, 6.07) is 3.54. The number of carbonyl (C=O) groups is 1. The highest BCUT2D eigenvalue weighted by atomic mass is 16.3. The quantitative estimate of drug-likeness (QED) is 0.757. The number of rotatable bonds is 5. The van der Waals surface area contributed by atoms with Gasteiger partial charge in [0.1, 0.15) is 0 Å². The lowest BCUT2D eigenvalue weighted by Crippen LogP contribution is -2.50. The zero-order chi connectivity index (χ0) is 15.9. The van der Waals surface area contributed by atoms with Crippen LogP contribution in [0.3, 0.4) is 0 Å². The first kappa shape index (κ1) is 15.4. The first-order valence-corrected chi connectivity index (χ1v) is 8.41. The molecule has 4 rings (SSSR count). The monoisotopic (exact) mass is 301 g/mol. The Morgan fingerprint density at radius 1 is 1.45 bits per heavy atom. The smallest absolute Gasteiger partial charge is 0.289 e. The molecule has 2 unspecified atom stereocenters. The molecule has 120 valence electrons. The number of furan rings is 1. The van der Waals surface area contributed by atoms with Gasteiger partial charge in [-0.3, -0.25) is 4.79 Å². The minimum Gasteiger partial charge on any atom is -0.459 e. The molecule has 1 heterocycles. The van der Waals surface area contributed by atoms with Crippen LogP contribution < -0.4 is 0 Å². The van der Waals surface area contributed by atoms with Crippen LogP contribution in [0.2, 0.25) is 0 Å². The Labute approximate surface area is 133 Å². The lowest BCUT2D eigenvalue weighted by atomic mass is 9.49. The van der Waals surface area contributed by atoms with Gasteiger partial charge in [0.25, 0.3) is 5.91 Å².